The van der Waals surface area contributed by atoms with Gasteiger partial charge in [-0.05, 0) is 35.7 Å². The summed E-state index contributed by atoms with van der Waals surface area (Å²) in [5.74, 6) is -0.470. The van der Waals surface area contributed by atoms with E-state index in [0.29, 0.717) is 17.9 Å². The van der Waals surface area contributed by atoms with E-state index in [1.165, 1.54) is 0 Å². The normalized spacial score (nSPS) is 12.9. The Labute approximate surface area is 154 Å². The van der Waals surface area contributed by atoms with E-state index in [2.05, 4.69) is 10.6 Å². The molecule has 0 aliphatic heterocycles. The first-order valence-corrected chi connectivity index (χ1v) is 8.79. The lowest BCUT2D eigenvalue weighted by Gasteiger charge is -2.23. The van der Waals surface area contributed by atoms with Crippen LogP contribution < -0.4 is 10.6 Å². The Morgan fingerprint density at radius 3 is 2.46 bits per heavy atom. The number of amides is 2. The zero-order chi connectivity index (χ0) is 18.9. The standard InChI is InChI=1S/C21H26N2O3/c1-4-15(2)19(23-20(24)17-10-6-5-7-11-17)21(25)22-18-12-8-9-16(13-18)14-26-3/h5-13,15,19H,4,14H2,1-3H3,(H,22,25)(H,23,24). The lowest BCUT2D eigenvalue weighted by molar-refractivity contribution is -0.119. The van der Waals surface area contributed by atoms with Crippen LogP contribution in [0.4, 0.5) is 5.69 Å². The fourth-order valence-corrected chi connectivity index (χ4v) is 2.64. The van der Waals surface area contributed by atoms with Crippen LogP contribution in [0, 0.1) is 5.92 Å². The zero-order valence-corrected chi connectivity index (χ0v) is 15.5. The van der Waals surface area contributed by atoms with Gasteiger partial charge in [0.2, 0.25) is 5.91 Å². The van der Waals surface area contributed by atoms with Gasteiger partial charge in [0.15, 0.2) is 0 Å². The first-order chi connectivity index (χ1) is 12.5. The minimum absolute atomic E-state index is 0.00446. The average molecular weight is 354 g/mol. The summed E-state index contributed by atoms with van der Waals surface area (Å²) in [7, 11) is 1.63. The molecule has 0 aliphatic rings. The molecule has 0 heterocycles. The Hall–Kier alpha value is -2.66. The maximum atomic E-state index is 12.8. The molecule has 2 rings (SSSR count). The van der Waals surface area contributed by atoms with Gasteiger partial charge in [0.25, 0.3) is 5.91 Å². The van der Waals surface area contributed by atoms with Crippen molar-refractivity contribution in [3.8, 4) is 0 Å². The predicted molar refractivity (Wildman–Crippen MR) is 103 cm³/mol. The molecule has 138 valence electrons. The average Bonchev–Trinajstić information content (AvgIpc) is 2.66. The molecule has 0 bridgehead atoms. The largest absolute Gasteiger partial charge is 0.380 e. The highest BCUT2D eigenvalue weighted by Gasteiger charge is 2.26. The molecular weight excluding hydrogens is 328 g/mol. The molecule has 0 radical (unpaired) electrons. The molecule has 0 fully saturated rings. The number of nitrogens with one attached hydrogen (secondary N) is 2. The summed E-state index contributed by atoms with van der Waals surface area (Å²) in [5, 5.41) is 5.77. The van der Waals surface area contributed by atoms with Crippen LogP contribution in [0.3, 0.4) is 0 Å². The molecular formula is C21H26N2O3. The number of anilines is 1. The van der Waals surface area contributed by atoms with Crippen LogP contribution in [0.2, 0.25) is 0 Å². The van der Waals surface area contributed by atoms with Crippen molar-refractivity contribution in [1.29, 1.82) is 0 Å². The zero-order valence-electron chi connectivity index (χ0n) is 15.5. The molecule has 2 N–H and O–H groups in total. The molecule has 0 aliphatic carbocycles. The van der Waals surface area contributed by atoms with Crippen molar-refractivity contribution in [3.05, 3.63) is 65.7 Å². The summed E-state index contributed by atoms with van der Waals surface area (Å²) >= 11 is 0. The van der Waals surface area contributed by atoms with Gasteiger partial charge in [0.05, 0.1) is 6.61 Å². The molecule has 26 heavy (non-hydrogen) atoms. The molecule has 2 aromatic rings. The second-order valence-electron chi connectivity index (χ2n) is 6.33. The summed E-state index contributed by atoms with van der Waals surface area (Å²) in [5.41, 5.74) is 2.20. The van der Waals surface area contributed by atoms with E-state index in [1.54, 1.807) is 31.4 Å². The van der Waals surface area contributed by atoms with Crippen LogP contribution in [-0.2, 0) is 16.1 Å². The van der Waals surface area contributed by atoms with E-state index < -0.39 is 6.04 Å². The predicted octanol–water partition coefficient (Wildman–Crippen LogP) is 3.62. The van der Waals surface area contributed by atoms with Crippen LogP contribution in [0.25, 0.3) is 0 Å². The molecule has 2 unspecified atom stereocenters. The lowest BCUT2D eigenvalue weighted by Crippen LogP contribution is -2.47. The van der Waals surface area contributed by atoms with Crippen molar-refractivity contribution >= 4 is 17.5 Å². The Bertz CT molecular complexity index is 731. The van der Waals surface area contributed by atoms with Crippen molar-refractivity contribution in [2.24, 2.45) is 5.92 Å². The second-order valence-corrected chi connectivity index (χ2v) is 6.33. The summed E-state index contributed by atoms with van der Waals surface area (Å²) < 4.78 is 5.12. The molecule has 2 atom stereocenters. The number of rotatable bonds is 8. The van der Waals surface area contributed by atoms with Gasteiger partial charge in [0.1, 0.15) is 6.04 Å². The van der Waals surface area contributed by atoms with E-state index in [4.69, 9.17) is 4.74 Å². The van der Waals surface area contributed by atoms with Crippen molar-refractivity contribution in [2.45, 2.75) is 32.9 Å². The van der Waals surface area contributed by atoms with Crippen molar-refractivity contribution < 1.29 is 14.3 Å². The number of ether oxygens (including phenoxy) is 1. The Kier molecular flexibility index (Phi) is 7.36. The third-order valence-corrected chi connectivity index (χ3v) is 4.32. The molecule has 0 spiro atoms. The highest BCUT2D eigenvalue weighted by Crippen LogP contribution is 2.15. The fourth-order valence-electron chi connectivity index (χ4n) is 2.64. The molecule has 0 saturated heterocycles. The summed E-state index contributed by atoms with van der Waals surface area (Å²) in [4.78, 5) is 25.3. The molecule has 2 amide bonds. The number of hydrogen-bond donors (Lipinski definition) is 2. The topological polar surface area (TPSA) is 67.4 Å². The van der Waals surface area contributed by atoms with Crippen molar-refractivity contribution in [3.63, 3.8) is 0 Å². The maximum absolute atomic E-state index is 12.8. The van der Waals surface area contributed by atoms with Gasteiger partial charge >= 0.3 is 0 Å². The van der Waals surface area contributed by atoms with Gasteiger partial charge in [0, 0.05) is 18.4 Å². The van der Waals surface area contributed by atoms with E-state index in [9.17, 15) is 9.59 Å². The van der Waals surface area contributed by atoms with Gasteiger partial charge in [-0.2, -0.15) is 0 Å². The number of methoxy groups -OCH3 is 1. The number of carbonyl (C=O) groups excluding carboxylic acids is 2. The second kappa shape index (κ2) is 9.73. The summed E-state index contributed by atoms with van der Waals surface area (Å²) in [6.45, 7) is 4.43. The van der Waals surface area contributed by atoms with Crippen LogP contribution in [0.5, 0.6) is 0 Å². The minimum atomic E-state index is -0.612. The highest BCUT2D eigenvalue weighted by atomic mass is 16.5. The van der Waals surface area contributed by atoms with Crippen LogP contribution >= 0.6 is 0 Å². The Balaban J connectivity index is 2.12. The molecule has 5 nitrogen and oxygen atoms in total. The Morgan fingerprint density at radius 2 is 1.81 bits per heavy atom. The Morgan fingerprint density at radius 1 is 1.08 bits per heavy atom. The molecule has 5 heteroatoms. The van der Waals surface area contributed by atoms with Crippen LogP contribution in [-0.4, -0.2) is 25.0 Å². The number of benzene rings is 2. The third kappa shape index (κ3) is 5.43. The van der Waals surface area contributed by atoms with Crippen molar-refractivity contribution in [1.82, 2.24) is 5.32 Å². The summed E-state index contributed by atoms with van der Waals surface area (Å²) in [6.07, 6.45) is 0.775. The minimum Gasteiger partial charge on any atom is -0.380 e. The number of carbonyl (C=O) groups is 2. The molecule has 0 aromatic heterocycles. The highest BCUT2D eigenvalue weighted by molar-refractivity contribution is 6.01. The summed E-state index contributed by atoms with van der Waals surface area (Å²) in [6, 6.07) is 15.8. The maximum Gasteiger partial charge on any atom is 0.251 e. The first-order valence-electron chi connectivity index (χ1n) is 8.79. The number of hydrogen-bond acceptors (Lipinski definition) is 3. The van der Waals surface area contributed by atoms with Crippen LogP contribution in [0.15, 0.2) is 54.6 Å². The monoisotopic (exact) mass is 354 g/mol. The SMILES string of the molecule is CCC(C)C(NC(=O)c1ccccc1)C(=O)Nc1cccc(COC)c1. The van der Waals surface area contributed by atoms with Gasteiger partial charge in [-0.25, -0.2) is 0 Å². The van der Waals surface area contributed by atoms with Crippen molar-refractivity contribution in [2.75, 3.05) is 12.4 Å². The molecule has 0 saturated carbocycles. The lowest BCUT2D eigenvalue weighted by atomic mass is 9.97. The van der Waals surface area contributed by atoms with E-state index in [0.717, 1.165) is 12.0 Å². The van der Waals surface area contributed by atoms with Gasteiger partial charge in [-0.15, -0.1) is 0 Å². The van der Waals surface area contributed by atoms with Gasteiger partial charge < -0.3 is 15.4 Å². The van der Waals surface area contributed by atoms with E-state index >= 15 is 0 Å². The van der Waals surface area contributed by atoms with E-state index in [1.807, 2.05) is 44.2 Å². The molecule has 2 aromatic carbocycles. The smallest absolute Gasteiger partial charge is 0.251 e. The van der Waals surface area contributed by atoms with Gasteiger partial charge in [-0.1, -0.05) is 50.6 Å². The third-order valence-electron chi connectivity index (χ3n) is 4.32. The van der Waals surface area contributed by atoms with Crippen LogP contribution in [0.1, 0.15) is 36.2 Å². The quantitative estimate of drug-likeness (QED) is 0.761. The fraction of sp³-hybridized carbons (Fsp3) is 0.333. The first kappa shape index (κ1) is 19.7. The van der Waals surface area contributed by atoms with E-state index in [-0.39, 0.29) is 17.7 Å². The van der Waals surface area contributed by atoms with Gasteiger partial charge in [-0.3, -0.25) is 9.59 Å².